The first-order chi connectivity index (χ1) is 12.0. The van der Waals surface area contributed by atoms with E-state index >= 15 is 0 Å². The van der Waals surface area contributed by atoms with Crippen LogP contribution < -0.4 is 4.74 Å². The summed E-state index contributed by atoms with van der Waals surface area (Å²) in [6, 6.07) is 12.4. The average molecular weight is 389 g/mol. The number of esters is 1. The number of carbonyl (C=O) groups is 2. The number of aromatic nitrogens is 2. The predicted octanol–water partition coefficient (Wildman–Crippen LogP) is 4.26. The van der Waals surface area contributed by atoms with Crippen LogP contribution in [-0.4, -0.2) is 26.4 Å². The second kappa shape index (κ2) is 6.78. The Morgan fingerprint density at radius 3 is 2.69 bits per heavy atom. The van der Waals surface area contributed by atoms with Gasteiger partial charge in [0.1, 0.15) is 5.75 Å². The molecule has 26 heavy (non-hydrogen) atoms. The summed E-state index contributed by atoms with van der Waals surface area (Å²) in [6.07, 6.45) is 1.86. The standard InChI is InChI=1S/C18H12N2O4S.ClH/c1-10(21)24-15-8-11(17(22)23)6-7-12(15)13-9-20-14-4-2-3-5-16(14)25-18(20)19-13;/h2-9H,1H3,(H,22,23);1H. The first-order valence-electron chi connectivity index (χ1n) is 7.46. The molecule has 0 radical (unpaired) electrons. The highest BCUT2D eigenvalue weighted by molar-refractivity contribution is 7.23. The van der Waals surface area contributed by atoms with E-state index in [4.69, 9.17) is 9.84 Å². The molecule has 4 aromatic rings. The van der Waals surface area contributed by atoms with Crippen molar-refractivity contribution in [2.45, 2.75) is 6.92 Å². The highest BCUT2D eigenvalue weighted by atomic mass is 35.5. The zero-order valence-electron chi connectivity index (χ0n) is 13.5. The van der Waals surface area contributed by atoms with Gasteiger partial charge in [0.25, 0.3) is 0 Å². The summed E-state index contributed by atoms with van der Waals surface area (Å²) in [5.74, 6) is -1.42. The number of carboxylic acid groups (broad SMARTS) is 1. The Labute approximate surface area is 158 Å². The van der Waals surface area contributed by atoms with E-state index in [-0.39, 0.29) is 23.7 Å². The molecule has 0 atom stereocenters. The Balaban J connectivity index is 0.00000196. The third kappa shape index (κ3) is 3.02. The number of aromatic carboxylic acids is 1. The fourth-order valence-corrected chi connectivity index (χ4v) is 3.69. The Morgan fingerprint density at radius 1 is 1.19 bits per heavy atom. The number of benzene rings is 2. The van der Waals surface area contributed by atoms with Gasteiger partial charge in [-0.1, -0.05) is 23.5 Å². The zero-order valence-corrected chi connectivity index (χ0v) is 15.1. The van der Waals surface area contributed by atoms with Crippen molar-refractivity contribution in [1.82, 2.24) is 9.38 Å². The number of carbonyl (C=O) groups excluding carboxylic acids is 1. The summed E-state index contributed by atoms with van der Waals surface area (Å²) in [5.41, 5.74) is 2.27. The van der Waals surface area contributed by atoms with E-state index in [9.17, 15) is 9.59 Å². The molecule has 2 heterocycles. The molecular weight excluding hydrogens is 376 g/mol. The summed E-state index contributed by atoms with van der Waals surface area (Å²) in [6.45, 7) is 1.27. The third-order valence-electron chi connectivity index (χ3n) is 3.76. The van der Waals surface area contributed by atoms with Crippen LogP contribution in [0.3, 0.4) is 0 Å². The fraction of sp³-hybridized carbons (Fsp3) is 0.0556. The molecule has 6 nitrogen and oxygen atoms in total. The predicted molar refractivity (Wildman–Crippen MR) is 102 cm³/mol. The highest BCUT2D eigenvalue weighted by Crippen LogP contribution is 2.34. The fourth-order valence-electron chi connectivity index (χ4n) is 2.68. The van der Waals surface area contributed by atoms with E-state index in [1.807, 2.05) is 34.9 Å². The number of carboxylic acids is 1. The number of rotatable bonds is 3. The molecule has 0 bridgehead atoms. The summed E-state index contributed by atoms with van der Waals surface area (Å²) in [7, 11) is 0. The molecule has 0 amide bonds. The molecule has 1 N–H and O–H groups in total. The third-order valence-corrected chi connectivity index (χ3v) is 4.79. The second-order valence-electron chi connectivity index (χ2n) is 5.46. The van der Waals surface area contributed by atoms with E-state index in [1.54, 1.807) is 17.4 Å². The Bertz CT molecular complexity index is 1150. The van der Waals surface area contributed by atoms with Gasteiger partial charge in [0.2, 0.25) is 0 Å². The van der Waals surface area contributed by atoms with E-state index in [0.29, 0.717) is 11.3 Å². The van der Waals surface area contributed by atoms with Gasteiger partial charge in [0.05, 0.1) is 21.5 Å². The smallest absolute Gasteiger partial charge is 0.335 e. The summed E-state index contributed by atoms with van der Waals surface area (Å²) in [5, 5.41) is 9.15. The number of ether oxygens (including phenoxy) is 1. The van der Waals surface area contributed by atoms with Crippen LogP contribution in [0.5, 0.6) is 5.75 Å². The van der Waals surface area contributed by atoms with Crippen molar-refractivity contribution in [3.05, 3.63) is 54.2 Å². The largest absolute Gasteiger partial charge is 0.478 e. The van der Waals surface area contributed by atoms with Crippen LogP contribution in [0.15, 0.2) is 48.7 Å². The van der Waals surface area contributed by atoms with E-state index < -0.39 is 11.9 Å². The number of halogens is 1. The Morgan fingerprint density at radius 2 is 1.96 bits per heavy atom. The topological polar surface area (TPSA) is 80.9 Å². The lowest BCUT2D eigenvalue weighted by molar-refractivity contribution is -0.131. The lowest BCUT2D eigenvalue weighted by Crippen LogP contribution is -2.05. The van der Waals surface area contributed by atoms with Gasteiger partial charge in [-0.25, -0.2) is 9.78 Å². The molecule has 0 aliphatic heterocycles. The van der Waals surface area contributed by atoms with Crippen molar-refractivity contribution in [3.63, 3.8) is 0 Å². The van der Waals surface area contributed by atoms with Crippen molar-refractivity contribution in [2.24, 2.45) is 0 Å². The first-order valence-corrected chi connectivity index (χ1v) is 8.27. The van der Waals surface area contributed by atoms with Crippen LogP contribution in [0.2, 0.25) is 0 Å². The van der Waals surface area contributed by atoms with Crippen LogP contribution in [0, 0.1) is 0 Å². The molecule has 0 saturated carbocycles. The van der Waals surface area contributed by atoms with Crippen LogP contribution in [0.1, 0.15) is 17.3 Å². The van der Waals surface area contributed by atoms with Gasteiger partial charge in [-0.2, -0.15) is 0 Å². The van der Waals surface area contributed by atoms with Crippen LogP contribution >= 0.6 is 23.7 Å². The Kier molecular flexibility index (Phi) is 4.67. The molecule has 0 aliphatic rings. The summed E-state index contributed by atoms with van der Waals surface area (Å²) < 4.78 is 8.30. The second-order valence-corrected chi connectivity index (χ2v) is 6.47. The van der Waals surface area contributed by atoms with Crippen LogP contribution in [-0.2, 0) is 4.79 Å². The molecule has 2 aromatic heterocycles. The van der Waals surface area contributed by atoms with Gasteiger partial charge in [0, 0.05) is 18.7 Å². The lowest BCUT2D eigenvalue weighted by Gasteiger charge is -2.08. The van der Waals surface area contributed by atoms with Gasteiger partial charge in [-0.15, -0.1) is 12.4 Å². The number of hydrogen-bond donors (Lipinski definition) is 1. The van der Waals surface area contributed by atoms with Gasteiger partial charge in [-0.05, 0) is 30.3 Å². The normalized spacial score (nSPS) is 10.7. The molecule has 0 aliphatic carbocycles. The number of hydrogen-bond acceptors (Lipinski definition) is 5. The maximum atomic E-state index is 11.4. The number of fused-ring (bicyclic) bond motifs is 3. The Hall–Kier alpha value is -2.90. The number of para-hydroxylation sites is 1. The van der Waals surface area contributed by atoms with Crippen molar-refractivity contribution < 1.29 is 19.4 Å². The van der Waals surface area contributed by atoms with E-state index in [0.717, 1.165) is 15.2 Å². The van der Waals surface area contributed by atoms with E-state index in [2.05, 4.69) is 4.98 Å². The molecule has 4 rings (SSSR count). The molecular formula is C18H13ClN2O4S. The van der Waals surface area contributed by atoms with Crippen molar-refractivity contribution in [2.75, 3.05) is 0 Å². The SMILES string of the molecule is CC(=O)Oc1cc(C(=O)O)ccc1-c1cn2c(n1)sc1ccccc12.Cl. The van der Waals surface area contributed by atoms with Gasteiger partial charge < -0.3 is 9.84 Å². The summed E-state index contributed by atoms with van der Waals surface area (Å²) >= 11 is 1.55. The summed E-state index contributed by atoms with van der Waals surface area (Å²) in [4.78, 5) is 28.0. The minimum atomic E-state index is -1.09. The van der Waals surface area contributed by atoms with Crippen LogP contribution in [0.25, 0.3) is 26.4 Å². The number of imidazole rings is 1. The zero-order chi connectivity index (χ0) is 17.6. The maximum Gasteiger partial charge on any atom is 0.335 e. The van der Waals surface area contributed by atoms with Gasteiger partial charge >= 0.3 is 11.9 Å². The first kappa shape index (κ1) is 17.9. The molecule has 2 aromatic carbocycles. The molecule has 8 heteroatoms. The molecule has 0 saturated heterocycles. The maximum absolute atomic E-state index is 11.4. The van der Waals surface area contributed by atoms with Gasteiger partial charge in [0.15, 0.2) is 4.96 Å². The lowest BCUT2D eigenvalue weighted by atomic mass is 10.1. The monoisotopic (exact) mass is 388 g/mol. The van der Waals surface area contributed by atoms with Crippen molar-refractivity contribution >= 4 is 50.9 Å². The van der Waals surface area contributed by atoms with Crippen LogP contribution in [0.4, 0.5) is 0 Å². The van der Waals surface area contributed by atoms with E-state index in [1.165, 1.54) is 19.1 Å². The number of thiazole rings is 1. The average Bonchev–Trinajstić information content (AvgIpc) is 3.11. The molecule has 132 valence electrons. The molecule has 0 spiro atoms. The minimum absolute atomic E-state index is 0. The number of nitrogens with zero attached hydrogens (tertiary/aromatic N) is 2. The van der Waals surface area contributed by atoms with Crippen molar-refractivity contribution in [1.29, 1.82) is 0 Å². The van der Waals surface area contributed by atoms with Gasteiger partial charge in [-0.3, -0.25) is 9.20 Å². The molecule has 0 fully saturated rings. The highest BCUT2D eigenvalue weighted by Gasteiger charge is 2.17. The molecule has 0 unspecified atom stereocenters. The minimum Gasteiger partial charge on any atom is -0.478 e. The quantitative estimate of drug-likeness (QED) is 0.419. The van der Waals surface area contributed by atoms with Crippen molar-refractivity contribution in [3.8, 4) is 17.0 Å².